The molecule has 3 rings (SSSR count). The van der Waals surface area contributed by atoms with Crippen LogP contribution in [0.3, 0.4) is 0 Å². The summed E-state index contributed by atoms with van der Waals surface area (Å²) in [5, 5.41) is 0. The number of halogens is 1. The maximum atomic E-state index is 3.49. The Bertz CT molecular complexity index is 595. The highest BCUT2D eigenvalue weighted by Gasteiger charge is 2.20. The first-order valence-corrected chi connectivity index (χ1v) is 10.5. The fraction of sp³-hybridized carbons (Fsp3) is 0.429. The smallest absolute Gasteiger partial charge is 0.0231 e. The Kier molecular flexibility index (Phi) is 6.24. The molecule has 1 aliphatic carbocycles. The summed E-state index contributed by atoms with van der Waals surface area (Å²) in [5.41, 5.74) is 2.97. The zero-order valence-corrected chi connectivity index (χ0v) is 16.2. The SMILES string of the molecule is CCC1CCC(c2ccc(CSc3ccc(Br)cc3)cc2)CC1. The third kappa shape index (κ3) is 4.87. The van der Waals surface area contributed by atoms with E-state index >= 15 is 0 Å². The lowest BCUT2D eigenvalue weighted by Gasteiger charge is -2.28. The third-order valence-electron chi connectivity index (χ3n) is 5.09. The van der Waals surface area contributed by atoms with E-state index in [1.807, 2.05) is 11.8 Å². The summed E-state index contributed by atoms with van der Waals surface area (Å²) in [6.07, 6.45) is 6.96. The van der Waals surface area contributed by atoms with Gasteiger partial charge in [-0.3, -0.25) is 0 Å². The zero-order chi connectivity index (χ0) is 16.1. The van der Waals surface area contributed by atoms with E-state index in [0.29, 0.717) is 0 Å². The second-order valence-corrected chi connectivity index (χ2v) is 8.57. The molecule has 0 saturated heterocycles. The van der Waals surface area contributed by atoms with Gasteiger partial charge in [0.25, 0.3) is 0 Å². The molecule has 2 aromatic rings. The molecule has 1 saturated carbocycles. The Morgan fingerprint density at radius 2 is 1.57 bits per heavy atom. The summed E-state index contributed by atoms with van der Waals surface area (Å²) in [7, 11) is 0. The lowest BCUT2D eigenvalue weighted by Crippen LogP contribution is -2.12. The minimum atomic E-state index is 0.797. The first-order chi connectivity index (χ1) is 11.2. The number of rotatable bonds is 5. The van der Waals surface area contributed by atoms with Crippen molar-refractivity contribution >= 4 is 27.7 Å². The molecular weight excluding hydrogens is 364 g/mol. The molecule has 2 heteroatoms. The van der Waals surface area contributed by atoms with Crippen LogP contribution in [0.2, 0.25) is 0 Å². The average Bonchev–Trinajstić information content (AvgIpc) is 2.62. The standard InChI is InChI=1S/C21H25BrS/c1-2-16-3-7-18(8-4-16)19-9-5-17(6-10-19)15-23-21-13-11-20(22)12-14-21/h5-6,9-14,16,18H,2-4,7-8,15H2,1H3. The van der Waals surface area contributed by atoms with Crippen molar-refractivity contribution < 1.29 is 0 Å². The van der Waals surface area contributed by atoms with E-state index in [9.17, 15) is 0 Å². The predicted octanol–water partition coefficient (Wildman–Crippen LogP) is 7.43. The molecule has 0 heterocycles. The van der Waals surface area contributed by atoms with Crippen LogP contribution in [0.25, 0.3) is 0 Å². The largest absolute Gasteiger partial charge is 0.121 e. The highest BCUT2D eigenvalue weighted by Crippen LogP contribution is 2.37. The third-order valence-corrected chi connectivity index (χ3v) is 6.71. The van der Waals surface area contributed by atoms with E-state index in [2.05, 4.69) is 71.4 Å². The lowest BCUT2D eigenvalue weighted by molar-refractivity contribution is 0.319. The Labute approximate surface area is 153 Å². The minimum Gasteiger partial charge on any atom is -0.121 e. The van der Waals surface area contributed by atoms with Gasteiger partial charge >= 0.3 is 0 Å². The van der Waals surface area contributed by atoms with Crippen molar-refractivity contribution in [2.75, 3.05) is 0 Å². The van der Waals surface area contributed by atoms with Gasteiger partial charge in [0.15, 0.2) is 0 Å². The summed E-state index contributed by atoms with van der Waals surface area (Å²) in [5.74, 6) is 2.82. The molecule has 0 nitrogen and oxygen atoms in total. The molecule has 122 valence electrons. The van der Waals surface area contributed by atoms with Crippen LogP contribution in [0.15, 0.2) is 57.9 Å². The summed E-state index contributed by atoms with van der Waals surface area (Å²) in [6, 6.07) is 18.0. The first-order valence-electron chi connectivity index (χ1n) is 8.72. The van der Waals surface area contributed by atoms with Gasteiger partial charge in [-0.05, 0) is 72.9 Å². The van der Waals surface area contributed by atoms with Crippen molar-refractivity contribution in [2.45, 2.75) is 55.6 Å². The molecule has 0 bridgehead atoms. The highest BCUT2D eigenvalue weighted by molar-refractivity contribution is 9.10. The predicted molar refractivity (Wildman–Crippen MR) is 105 cm³/mol. The summed E-state index contributed by atoms with van der Waals surface area (Å²) in [4.78, 5) is 1.33. The second-order valence-electron chi connectivity index (χ2n) is 6.61. The van der Waals surface area contributed by atoms with Crippen LogP contribution < -0.4 is 0 Å². The van der Waals surface area contributed by atoms with Crippen molar-refractivity contribution in [3.63, 3.8) is 0 Å². The molecule has 23 heavy (non-hydrogen) atoms. The van der Waals surface area contributed by atoms with Crippen LogP contribution in [0.1, 0.15) is 56.1 Å². The fourth-order valence-corrected chi connectivity index (χ4v) is 4.61. The first kappa shape index (κ1) is 17.1. The van der Waals surface area contributed by atoms with Crippen molar-refractivity contribution in [2.24, 2.45) is 5.92 Å². The van der Waals surface area contributed by atoms with Crippen LogP contribution in [0.5, 0.6) is 0 Å². The minimum absolute atomic E-state index is 0.797. The van der Waals surface area contributed by atoms with Crippen LogP contribution >= 0.6 is 27.7 Å². The Balaban J connectivity index is 1.54. The molecule has 0 radical (unpaired) electrons. The van der Waals surface area contributed by atoms with Crippen molar-refractivity contribution in [3.05, 3.63) is 64.1 Å². The fourth-order valence-electron chi connectivity index (χ4n) is 3.49. The van der Waals surface area contributed by atoms with E-state index in [1.54, 1.807) is 5.56 Å². The average molecular weight is 389 g/mol. The van der Waals surface area contributed by atoms with Crippen LogP contribution in [0.4, 0.5) is 0 Å². The number of hydrogen-bond acceptors (Lipinski definition) is 1. The van der Waals surface area contributed by atoms with E-state index < -0.39 is 0 Å². The second kappa shape index (κ2) is 8.39. The molecule has 0 atom stereocenters. The molecule has 0 N–H and O–H groups in total. The van der Waals surface area contributed by atoms with Gasteiger partial charge in [0.1, 0.15) is 0 Å². The molecule has 1 aliphatic rings. The van der Waals surface area contributed by atoms with Gasteiger partial charge in [-0.1, -0.05) is 53.5 Å². The number of thioether (sulfide) groups is 1. The summed E-state index contributed by atoms with van der Waals surface area (Å²) < 4.78 is 1.14. The number of hydrogen-bond donors (Lipinski definition) is 0. The maximum absolute atomic E-state index is 3.49. The lowest BCUT2D eigenvalue weighted by atomic mass is 9.78. The molecule has 1 fully saturated rings. The van der Waals surface area contributed by atoms with Crippen LogP contribution in [0, 0.1) is 5.92 Å². The van der Waals surface area contributed by atoms with Gasteiger partial charge in [0, 0.05) is 15.1 Å². The van der Waals surface area contributed by atoms with E-state index in [-0.39, 0.29) is 0 Å². The van der Waals surface area contributed by atoms with Crippen LogP contribution in [-0.2, 0) is 5.75 Å². The Morgan fingerprint density at radius 3 is 2.17 bits per heavy atom. The molecule has 0 amide bonds. The van der Waals surface area contributed by atoms with Crippen molar-refractivity contribution in [1.82, 2.24) is 0 Å². The highest BCUT2D eigenvalue weighted by atomic mass is 79.9. The molecule has 0 aliphatic heterocycles. The van der Waals surface area contributed by atoms with Gasteiger partial charge in [0.2, 0.25) is 0 Å². The van der Waals surface area contributed by atoms with E-state index in [1.165, 1.54) is 42.6 Å². The van der Waals surface area contributed by atoms with E-state index in [0.717, 1.165) is 22.1 Å². The maximum Gasteiger partial charge on any atom is 0.0231 e. The quantitative estimate of drug-likeness (QED) is 0.479. The summed E-state index contributed by atoms with van der Waals surface area (Å²) in [6.45, 7) is 2.34. The molecule has 0 unspecified atom stereocenters. The molecule has 0 spiro atoms. The van der Waals surface area contributed by atoms with E-state index in [4.69, 9.17) is 0 Å². The zero-order valence-electron chi connectivity index (χ0n) is 13.8. The van der Waals surface area contributed by atoms with Crippen molar-refractivity contribution in [3.8, 4) is 0 Å². The number of benzene rings is 2. The van der Waals surface area contributed by atoms with Crippen molar-refractivity contribution in [1.29, 1.82) is 0 Å². The summed E-state index contributed by atoms with van der Waals surface area (Å²) >= 11 is 5.39. The monoisotopic (exact) mass is 388 g/mol. The normalized spacial score (nSPS) is 21.3. The topological polar surface area (TPSA) is 0 Å². The molecule has 2 aromatic carbocycles. The van der Waals surface area contributed by atoms with Gasteiger partial charge in [-0.25, -0.2) is 0 Å². The van der Waals surface area contributed by atoms with Gasteiger partial charge < -0.3 is 0 Å². The van der Waals surface area contributed by atoms with Gasteiger partial charge in [-0.15, -0.1) is 11.8 Å². The Morgan fingerprint density at radius 1 is 0.913 bits per heavy atom. The van der Waals surface area contributed by atoms with Crippen LogP contribution in [-0.4, -0.2) is 0 Å². The Hall–Kier alpha value is -0.730. The molecular formula is C21H25BrS. The van der Waals surface area contributed by atoms with Gasteiger partial charge in [-0.2, -0.15) is 0 Å². The van der Waals surface area contributed by atoms with Gasteiger partial charge in [0.05, 0.1) is 0 Å². The molecule has 0 aromatic heterocycles.